The van der Waals surface area contributed by atoms with Gasteiger partial charge in [-0.05, 0) is 12.1 Å². The topological polar surface area (TPSA) is 67.3 Å². The van der Waals surface area contributed by atoms with Crippen LogP contribution in [-0.2, 0) is 4.79 Å². The van der Waals surface area contributed by atoms with Crippen LogP contribution in [0, 0.1) is 0 Å². The zero-order chi connectivity index (χ0) is 9.84. The highest BCUT2D eigenvalue weighted by molar-refractivity contribution is 9.10. The number of hydrogen-bond donors (Lipinski definition) is 1. The van der Waals surface area contributed by atoms with E-state index in [0.717, 1.165) is 0 Å². The summed E-state index contributed by atoms with van der Waals surface area (Å²) >= 11 is 2.76. The Balaban J connectivity index is 2.86. The van der Waals surface area contributed by atoms with E-state index in [0.29, 0.717) is 0 Å². The Morgan fingerprint density at radius 3 is 2.62 bits per heavy atom. The molecule has 0 fully saturated rings. The van der Waals surface area contributed by atoms with Gasteiger partial charge in [0.25, 0.3) is 0 Å². The van der Waals surface area contributed by atoms with Crippen molar-refractivity contribution >= 4 is 27.7 Å². The summed E-state index contributed by atoms with van der Waals surface area (Å²) in [4.78, 5) is 24.2. The summed E-state index contributed by atoms with van der Waals surface area (Å²) in [6.07, 6.45) is 1.44. The lowest BCUT2D eigenvalue weighted by molar-refractivity contribution is -0.135. The molecule has 13 heavy (non-hydrogen) atoms. The van der Waals surface area contributed by atoms with E-state index >= 15 is 0 Å². The molecule has 1 N–H and O–H groups in total. The maximum absolute atomic E-state index is 11.3. The summed E-state index contributed by atoms with van der Waals surface area (Å²) in [6.45, 7) is 0. The number of carbonyl (C=O) groups is 2. The molecule has 1 aromatic heterocycles. The molecule has 1 aromatic rings. The van der Waals surface area contributed by atoms with Gasteiger partial charge < -0.3 is 5.11 Å². The number of carbonyl (C=O) groups excluding carboxylic acids is 1. The predicted molar refractivity (Wildman–Crippen MR) is 48.9 cm³/mol. The van der Waals surface area contributed by atoms with E-state index in [2.05, 4.69) is 20.9 Å². The third-order valence-corrected chi connectivity index (χ3v) is 2.17. The van der Waals surface area contributed by atoms with Crippen molar-refractivity contribution in [2.24, 2.45) is 0 Å². The van der Waals surface area contributed by atoms with Gasteiger partial charge in [-0.3, -0.25) is 14.6 Å². The molecule has 1 atom stereocenters. The Bertz CT molecular complexity index is 325. The van der Waals surface area contributed by atoms with Crippen molar-refractivity contribution in [3.05, 3.63) is 30.1 Å². The quantitative estimate of drug-likeness (QED) is 0.491. The smallest absolute Gasteiger partial charge is 0.325 e. The number of carboxylic acid groups (broad SMARTS) is 1. The van der Waals surface area contributed by atoms with Crippen LogP contribution in [0.4, 0.5) is 0 Å². The number of Topliss-reactive ketones (excluding diaryl/α,β-unsaturated/α-hetero) is 1. The van der Waals surface area contributed by atoms with Gasteiger partial charge in [-0.15, -0.1) is 0 Å². The lowest BCUT2D eigenvalue weighted by Crippen LogP contribution is -2.24. The number of hydrogen-bond acceptors (Lipinski definition) is 3. The number of aromatic nitrogens is 1. The summed E-state index contributed by atoms with van der Waals surface area (Å²) in [6, 6.07) is 4.75. The van der Waals surface area contributed by atoms with Crippen LogP contribution in [0.2, 0.25) is 0 Å². The predicted octanol–water partition coefficient (Wildman–Crippen LogP) is 1.11. The second-order valence-corrected chi connectivity index (χ2v) is 3.20. The molecule has 68 valence electrons. The molecule has 0 amide bonds. The molecule has 1 heterocycles. The minimum atomic E-state index is -1.22. The fourth-order valence-electron chi connectivity index (χ4n) is 0.750. The Morgan fingerprint density at radius 2 is 2.15 bits per heavy atom. The standard InChI is InChI=1S/C8H6BrNO3/c9-6(8(12)13)7(11)5-3-1-2-4-10-5/h1-4,6H,(H,12,13). The monoisotopic (exact) mass is 243 g/mol. The number of rotatable bonds is 3. The number of pyridine rings is 1. The molecule has 1 unspecified atom stereocenters. The molecule has 0 aliphatic heterocycles. The van der Waals surface area contributed by atoms with Gasteiger partial charge in [0.1, 0.15) is 5.69 Å². The minimum Gasteiger partial charge on any atom is -0.480 e. The average molecular weight is 244 g/mol. The number of aliphatic carboxylic acids is 1. The Morgan fingerprint density at radius 1 is 1.46 bits per heavy atom. The van der Waals surface area contributed by atoms with Crippen LogP contribution in [0.1, 0.15) is 10.5 Å². The highest BCUT2D eigenvalue weighted by Gasteiger charge is 2.24. The lowest BCUT2D eigenvalue weighted by Gasteiger charge is -2.01. The summed E-state index contributed by atoms with van der Waals surface area (Å²) in [5.41, 5.74) is 0.145. The van der Waals surface area contributed by atoms with Crippen molar-refractivity contribution in [2.75, 3.05) is 0 Å². The van der Waals surface area contributed by atoms with E-state index in [1.54, 1.807) is 12.1 Å². The van der Waals surface area contributed by atoms with Gasteiger partial charge >= 0.3 is 5.97 Å². The second kappa shape index (κ2) is 4.13. The van der Waals surface area contributed by atoms with Gasteiger partial charge in [0.2, 0.25) is 5.78 Å². The first-order valence-electron chi connectivity index (χ1n) is 3.45. The Labute approximate surface area is 82.7 Å². The fraction of sp³-hybridized carbons (Fsp3) is 0.125. The molecule has 0 aromatic carbocycles. The van der Waals surface area contributed by atoms with Crippen LogP contribution in [0.5, 0.6) is 0 Å². The summed E-state index contributed by atoms with van der Waals surface area (Å²) in [5, 5.41) is 8.52. The Kier molecular flexibility index (Phi) is 3.13. The molecule has 1 rings (SSSR count). The van der Waals surface area contributed by atoms with Gasteiger partial charge in [0, 0.05) is 6.20 Å². The number of alkyl halides is 1. The normalized spacial score (nSPS) is 12.1. The third-order valence-electron chi connectivity index (χ3n) is 1.36. The minimum absolute atomic E-state index is 0.145. The zero-order valence-corrected chi connectivity index (χ0v) is 8.06. The average Bonchev–Trinajstić information content (AvgIpc) is 2.17. The third kappa shape index (κ3) is 2.35. The number of halogens is 1. The van der Waals surface area contributed by atoms with Crippen molar-refractivity contribution < 1.29 is 14.7 Å². The largest absolute Gasteiger partial charge is 0.480 e. The zero-order valence-electron chi connectivity index (χ0n) is 6.48. The second-order valence-electron chi connectivity index (χ2n) is 2.28. The molecular formula is C8H6BrNO3. The van der Waals surface area contributed by atoms with Gasteiger partial charge in [-0.1, -0.05) is 22.0 Å². The van der Waals surface area contributed by atoms with Gasteiger partial charge in [-0.2, -0.15) is 0 Å². The van der Waals surface area contributed by atoms with E-state index in [9.17, 15) is 9.59 Å². The summed E-state index contributed by atoms with van der Waals surface area (Å²) in [5.74, 6) is -1.76. The van der Waals surface area contributed by atoms with Crippen LogP contribution in [0.3, 0.4) is 0 Å². The molecule has 0 saturated carbocycles. The lowest BCUT2D eigenvalue weighted by atomic mass is 10.2. The van der Waals surface area contributed by atoms with E-state index in [1.807, 2.05) is 0 Å². The van der Waals surface area contributed by atoms with E-state index < -0.39 is 16.6 Å². The Hall–Kier alpha value is -1.23. The molecule has 0 bridgehead atoms. The number of carboxylic acids is 1. The van der Waals surface area contributed by atoms with Crippen LogP contribution in [0.25, 0.3) is 0 Å². The van der Waals surface area contributed by atoms with Crippen LogP contribution < -0.4 is 0 Å². The van der Waals surface area contributed by atoms with Crippen LogP contribution in [-0.4, -0.2) is 26.7 Å². The fourth-order valence-corrected chi connectivity index (χ4v) is 0.985. The molecule has 0 aliphatic carbocycles. The van der Waals surface area contributed by atoms with Crippen molar-refractivity contribution in [3.8, 4) is 0 Å². The maximum Gasteiger partial charge on any atom is 0.325 e. The van der Waals surface area contributed by atoms with E-state index in [1.165, 1.54) is 12.3 Å². The van der Waals surface area contributed by atoms with Crippen LogP contribution in [0.15, 0.2) is 24.4 Å². The first kappa shape index (κ1) is 9.85. The highest BCUT2D eigenvalue weighted by atomic mass is 79.9. The first-order valence-corrected chi connectivity index (χ1v) is 4.36. The van der Waals surface area contributed by atoms with Crippen LogP contribution >= 0.6 is 15.9 Å². The number of ketones is 1. The summed E-state index contributed by atoms with van der Waals surface area (Å²) < 4.78 is 0. The van der Waals surface area contributed by atoms with Gasteiger partial charge in [0.15, 0.2) is 4.83 Å². The van der Waals surface area contributed by atoms with Crippen molar-refractivity contribution in [1.82, 2.24) is 4.98 Å². The van der Waals surface area contributed by atoms with E-state index in [-0.39, 0.29) is 5.69 Å². The summed E-state index contributed by atoms with van der Waals surface area (Å²) in [7, 11) is 0. The number of nitrogens with zero attached hydrogens (tertiary/aromatic N) is 1. The molecule has 0 aliphatic rings. The van der Waals surface area contributed by atoms with Crippen molar-refractivity contribution in [3.63, 3.8) is 0 Å². The van der Waals surface area contributed by atoms with E-state index in [4.69, 9.17) is 5.11 Å². The highest BCUT2D eigenvalue weighted by Crippen LogP contribution is 2.07. The van der Waals surface area contributed by atoms with Gasteiger partial charge in [0.05, 0.1) is 0 Å². The molecule has 4 nitrogen and oxygen atoms in total. The molecule has 0 radical (unpaired) electrons. The van der Waals surface area contributed by atoms with Crippen molar-refractivity contribution in [1.29, 1.82) is 0 Å². The molecular weight excluding hydrogens is 238 g/mol. The molecule has 0 saturated heterocycles. The maximum atomic E-state index is 11.3. The van der Waals surface area contributed by atoms with Gasteiger partial charge in [-0.25, -0.2) is 0 Å². The molecule has 5 heteroatoms. The van der Waals surface area contributed by atoms with Crippen molar-refractivity contribution in [2.45, 2.75) is 4.83 Å². The SMILES string of the molecule is O=C(O)C(Br)C(=O)c1ccccn1. The first-order chi connectivity index (χ1) is 6.13. The molecule has 0 spiro atoms.